The molecule has 3 heteroatoms. The molecule has 0 fully saturated rings. The largest absolute Gasteiger partial charge is 0.389 e. The lowest BCUT2D eigenvalue weighted by molar-refractivity contribution is 0.0945. The van der Waals surface area contributed by atoms with Crippen LogP contribution in [0.2, 0.25) is 0 Å². The molecule has 80 valence electrons. The number of nitrogens with zero attached hydrogens (tertiary/aromatic N) is 1. The molecule has 0 aliphatic carbocycles. The predicted molar refractivity (Wildman–Crippen MR) is 60.7 cm³/mol. The molecule has 0 bridgehead atoms. The van der Waals surface area contributed by atoms with Crippen molar-refractivity contribution in [2.24, 2.45) is 0 Å². The third kappa shape index (κ3) is 3.61. The molecule has 0 spiro atoms. The van der Waals surface area contributed by atoms with Gasteiger partial charge in [-0.05, 0) is 38.5 Å². The molecule has 2 N–H and O–H groups in total. The van der Waals surface area contributed by atoms with Gasteiger partial charge in [0.25, 0.3) is 0 Å². The topological polar surface area (TPSA) is 56.0 Å². The van der Waals surface area contributed by atoms with Crippen molar-refractivity contribution in [3.63, 3.8) is 0 Å². The molecular formula is C12H16N2O. The second kappa shape index (κ2) is 4.33. The molecule has 0 saturated heterocycles. The highest BCUT2D eigenvalue weighted by Crippen LogP contribution is 2.17. The number of nitriles is 1. The first kappa shape index (κ1) is 11.5. The predicted octanol–water partition coefficient (Wildman–Crippen LogP) is 2.05. The molecule has 3 nitrogen and oxygen atoms in total. The van der Waals surface area contributed by atoms with E-state index >= 15 is 0 Å². The van der Waals surface area contributed by atoms with E-state index in [0.29, 0.717) is 12.1 Å². The van der Waals surface area contributed by atoms with Gasteiger partial charge in [-0.15, -0.1) is 0 Å². The van der Waals surface area contributed by atoms with E-state index in [0.717, 1.165) is 11.3 Å². The van der Waals surface area contributed by atoms with Gasteiger partial charge in [-0.1, -0.05) is 6.07 Å². The van der Waals surface area contributed by atoms with Crippen LogP contribution in [0.5, 0.6) is 0 Å². The van der Waals surface area contributed by atoms with E-state index in [9.17, 15) is 5.11 Å². The summed E-state index contributed by atoms with van der Waals surface area (Å²) in [4.78, 5) is 0. The first-order chi connectivity index (χ1) is 6.92. The summed E-state index contributed by atoms with van der Waals surface area (Å²) in [7, 11) is 0. The molecule has 0 atom stereocenters. The molecule has 0 aliphatic heterocycles. The molecule has 0 radical (unpaired) electrons. The maximum absolute atomic E-state index is 9.57. The minimum atomic E-state index is -0.755. The molecule has 0 amide bonds. The number of hydrogen-bond donors (Lipinski definition) is 2. The fourth-order valence-corrected chi connectivity index (χ4v) is 1.19. The average Bonchev–Trinajstić information content (AvgIpc) is 2.15. The van der Waals surface area contributed by atoms with Crippen LogP contribution in [0.4, 0.5) is 5.69 Å². The normalized spacial score (nSPS) is 10.9. The zero-order chi connectivity index (χ0) is 11.5. The van der Waals surface area contributed by atoms with Crippen LogP contribution in [-0.2, 0) is 0 Å². The maximum atomic E-state index is 9.57. The Balaban J connectivity index is 2.81. The second-order valence-electron chi connectivity index (χ2n) is 4.31. The van der Waals surface area contributed by atoms with E-state index in [2.05, 4.69) is 11.4 Å². The van der Waals surface area contributed by atoms with E-state index < -0.39 is 5.60 Å². The summed E-state index contributed by atoms with van der Waals surface area (Å²) < 4.78 is 0. The smallest absolute Gasteiger partial charge is 0.0992 e. The van der Waals surface area contributed by atoms with E-state index in [4.69, 9.17) is 5.26 Å². The summed E-state index contributed by atoms with van der Waals surface area (Å²) in [5.41, 5.74) is 1.84. The molecular weight excluding hydrogens is 188 g/mol. The molecule has 0 aliphatic rings. The van der Waals surface area contributed by atoms with Crippen molar-refractivity contribution in [2.45, 2.75) is 26.4 Å². The number of rotatable bonds is 3. The number of nitrogens with one attached hydrogen (secondary N) is 1. The Hall–Kier alpha value is -1.53. The first-order valence-electron chi connectivity index (χ1n) is 4.89. The van der Waals surface area contributed by atoms with Gasteiger partial charge in [-0.25, -0.2) is 0 Å². The van der Waals surface area contributed by atoms with Crippen LogP contribution in [0.3, 0.4) is 0 Å². The van der Waals surface area contributed by atoms with Crippen LogP contribution >= 0.6 is 0 Å². The van der Waals surface area contributed by atoms with E-state index in [1.54, 1.807) is 26.0 Å². The summed E-state index contributed by atoms with van der Waals surface area (Å²) in [6.07, 6.45) is 0. The highest BCUT2D eigenvalue weighted by atomic mass is 16.3. The lowest BCUT2D eigenvalue weighted by Gasteiger charge is -2.19. The molecule has 1 aromatic rings. The minimum absolute atomic E-state index is 0.461. The quantitative estimate of drug-likeness (QED) is 0.792. The van der Waals surface area contributed by atoms with Crippen molar-refractivity contribution < 1.29 is 5.11 Å². The van der Waals surface area contributed by atoms with Crippen molar-refractivity contribution in [1.29, 1.82) is 5.26 Å². The third-order valence-corrected chi connectivity index (χ3v) is 2.08. The van der Waals surface area contributed by atoms with Crippen molar-refractivity contribution >= 4 is 5.69 Å². The lowest BCUT2D eigenvalue weighted by atomic mass is 10.1. The highest BCUT2D eigenvalue weighted by molar-refractivity contribution is 5.55. The Morgan fingerprint density at radius 3 is 2.67 bits per heavy atom. The van der Waals surface area contributed by atoms with Crippen LogP contribution in [-0.4, -0.2) is 17.3 Å². The molecule has 15 heavy (non-hydrogen) atoms. The fraction of sp³-hybridized carbons (Fsp3) is 0.417. The molecule has 0 aromatic heterocycles. The highest BCUT2D eigenvalue weighted by Gasteiger charge is 2.12. The van der Waals surface area contributed by atoms with Gasteiger partial charge in [0.05, 0.1) is 17.2 Å². The van der Waals surface area contributed by atoms with Crippen molar-refractivity contribution in [3.8, 4) is 6.07 Å². The SMILES string of the molecule is Cc1ccc(C#N)cc1NCC(C)(C)O. The number of aryl methyl sites for hydroxylation is 1. The Labute approximate surface area is 90.4 Å². The van der Waals surface area contributed by atoms with Gasteiger partial charge < -0.3 is 10.4 Å². The Kier molecular flexibility index (Phi) is 3.33. The van der Waals surface area contributed by atoms with Crippen molar-refractivity contribution in [2.75, 3.05) is 11.9 Å². The molecule has 0 saturated carbocycles. The van der Waals surface area contributed by atoms with Crippen LogP contribution in [0.25, 0.3) is 0 Å². The van der Waals surface area contributed by atoms with Crippen molar-refractivity contribution in [1.82, 2.24) is 0 Å². The summed E-state index contributed by atoms with van der Waals surface area (Å²) in [6, 6.07) is 7.56. The zero-order valence-electron chi connectivity index (χ0n) is 9.33. The van der Waals surface area contributed by atoms with E-state index in [-0.39, 0.29) is 0 Å². The number of benzene rings is 1. The zero-order valence-corrected chi connectivity index (χ0v) is 9.33. The molecule has 1 rings (SSSR count). The van der Waals surface area contributed by atoms with E-state index in [1.165, 1.54) is 0 Å². The van der Waals surface area contributed by atoms with Gasteiger partial charge >= 0.3 is 0 Å². The summed E-state index contributed by atoms with van der Waals surface area (Å²) in [6.45, 7) is 5.91. The van der Waals surface area contributed by atoms with Gasteiger partial charge in [-0.2, -0.15) is 5.26 Å². The van der Waals surface area contributed by atoms with Gasteiger partial charge in [-0.3, -0.25) is 0 Å². The fourth-order valence-electron chi connectivity index (χ4n) is 1.19. The number of hydrogen-bond acceptors (Lipinski definition) is 3. The second-order valence-corrected chi connectivity index (χ2v) is 4.31. The van der Waals surface area contributed by atoms with E-state index in [1.807, 2.05) is 13.0 Å². The Morgan fingerprint density at radius 2 is 2.13 bits per heavy atom. The van der Waals surface area contributed by atoms with Crippen LogP contribution in [0.15, 0.2) is 18.2 Å². The molecule has 1 aromatic carbocycles. The summed E-state index contributed by atoms with van der Waals surface area (Å²) in [5, 5.41) is 21.4. The standard InChI is InChI=1S/C12H16N2O/c1-9-4-5-10(7-13)6-11(9)14-8-12(2,3)15/h4-6,14-15H,8H2,1-3H3. The minimum Gasteiger partial charge on any atom is -0.389 e. The third-order valence-electron chi connectivity index (χ3n) is 2.08. The van der Waals surface area contributed by atoms with Crippen LogP contribution in [0.1, 0.15) is 25.0 Å². The number of anilines is 1. The van der Waals surface area contributed by atoms with Gasteiger partial charge in [0, 0.05) is 12.2 Å². The molecule has 0 heterocycles. The van der Waals surface area contributed by atoms with Gasteiger partial charge in [0.2, 0.25) is 0 Å². The summed E-state index contributed by atoms with van der Waals surface area (Å²) >= 11 is 0. The molecule has 0 unspecified atom stereocenters. The number of aliphatic hydroxyl groups is 1. The lowest BCUT2D eigenvalue weighted by Crippen LogP contribution is -2.29. The summed E-state index contributed by atoms with van der Waals surface area (Å²) in [5.74, 6) is 0. The Morgan fingerprint density at radius 1 is 1.47 bits per heavy atom. The first-order valence-corrected chi connectivity index (χ1v) is 4.89. The van der Waals surface area contributed by atoms with Crippen LogP contribution < -0.4 is 5.32 Å². The average molecular weight is 204 g/mol. The monoisotopic (exact) mass is 204 g/mol. The van der Waals surface area contributed by atoms with Crippen molar-refractivity contribution in [3.05, 3.63) is 29.3 Å². The maximum Gasteiger partial charge on any atom is 0.0992 e. The Bertz CT molecular complexity index is 386. The van der Waals surface area contributed by atoms with Gasteiger partial charge in [0.1, 0.15) is 0 Å². The van der Waals surface area contributed by atoms with Crippen LogP contribution in [0, 0.1) is 18.3 Å². The van der Waals surface area contributed by atoms with Gasteiger partial charge in [0.15, 0.2) is 0 Å².